The Hall–Kier alpha value is -2.70. The lowest BCUT2D eigenvalue weighted by Gasteiger charge is -2.58. The third-order valence-electron chi connectivity index (χ3n) is 7.96. The second-order valence-electron chi connectivity index (χ2n) is 10.4. The number of benzene rings is 2. The van der Waals surface area contributed by atoms with Crippen LogP contribution in [0.5, 0.6) is 5.75 Å². The van der Waals surface area contributed by atoms with E-state index in [0.29, 0.717) is 30.7 Å². The van der Waals surface area contributed by atoms with Gasteiger partial charge >= 0.3 is 5.97 Å². The molecule has 1 saturated heterocycles. The number of ether oxygens (including phenoxy) is 1. The van der Waals surface area contributed by atoms with E-state index >= 15 is 0 Å². The van der Waals surface area contributed by atoms with Crippen LogP contribution >= 0.6 is 0 Å². The highest BCUT2D eigenvalue weighted by atomic mass is 16.5. The van der Waals surface area contributed by atoms with Gasteiger partial charge in [0.05, 0.1) is 5.60 Å². The first-order valence-corrected chi connectivity index (χ1v) is 12.5. The number of hydrogen-bond donors (Lipinski definition) is 2. The second-order valence-corrected chi connectivity index (χ2v) is 10.4. The molecule has 2 saturated carbocycles. The Kier molecular flexibility index (Phi) is 6.21. The summed E-state index contributed by atoms with van der Waals surface area (Å²) in [4.78, 5) is 26.9. The van der Waals surface area contributed by atoms with Gasteiger partial charge in [-0.3, -0.25) is 9.59 Å². The van der Waals surface area contributed by atoms with Crippen LogP contribution in [-0.2, 0) is 10.2 Å². The highest BCUT2D eigenvalue weighted by Crippen LogP contribution is 2.52. The largest absolute Gasteiger partial charge is 0.427 e. The molecule has 1 amide bonds. The summed E-state index contributed by atoms with van der Waals surface area (Å²) in [6.45, 7) is 4.00. The van der Waals surface area contributed by atoms with E-state index in [2.05, 4.69) is 10.2 Å². The SMILES string of the molecule is CC(=O)Oc1cccc([C@@]23CCN(CC4CC4)C[C@@]2(O)CC[C@@H](NC(=O)c2ccccc2)C3)c1. The van der Waals surface area contributed by atoms with Crippen LogP contribution in [0.3, 0.4) is 0 Å². The molecule has 1 aliphatic heterocycles. The average Bonchev–Trinajstić information content (AvgIpc) is 3.63. The summed E-state index contributed by atoms with van der Waals surface area (Å²) in [5, 5.41) is 15.4. The molecule has 2 aromatic carbocycles. The maximum Gasteiger partial charge on any atom is 0.308 e. The summed E-state index contributed by atoms with van der Waals surface area (Å²) >= 11 is 0. The molecule has 3 fully saturated rings. The molecule has 5 rings (SSSR count). The minimum atomic E-state index is -0.900. The van der Waals surface area contributed by atoms with Crippen molar-refractivity contribution in [2.24, 2.45) is 5.92 Å². The minimum absolute atomic E-state index is 0.0413. The van der Waals surface area contributed by atoms with E-state index in [1.54, 1.807) is 6.07 Å². The van der Waals surface area contributed by atoms with Crippen LogP contribution in [0.1, 0.15) is 61.4 Å². The molecular formula is C28H34N2O4. The lowest BCUT2D eigenvalue weighted by molar-refractivity contribution is -0.132. The molecule has 0 unspecified atom stereocenters. The number of amides is 1. The number of carbonyl (C=O) groups is 2. The molecular weight excluding hydrogens is 428 g/mol. The average molecular weight is 463 g/mol. The van der Waals surface area contributed by atoms with E-state index in [0.717, 1.165) is 37.4 Å². The lowest BCUT2D eigenvalue weighted by atomic mass is 9.55. The number of nitrogens with one attached hydrogen (secondary N) is 1. The van der Waals surface area contributed by atoms with Crippen LogP contribution in [0, 0.1) is 5.92 Å². The van der Waals surface area contributed by atoms with Crippen molar-refractivity contribution in [2.75, 3.05) is 19.6 Å². The van der Waals surface area contributed by atoms with Crippen molar-refractivity contribution in [3.05, 3.63) is 65.7 Å². The first-order chi connectivity index (χ1) is 16.4. The van der Waals surface area contributed by atoms with E-state index in [-0.39, 0.29) is 17.9 Å². The molecule has 0 aromatic heterocycles. The highest BCUT2D eigenvalue weighted by Gasteiger charge is 2.58. The van der Waals surface area contributed by atoms with Gasteiger partial charge in [0, 0.05) is 37.0 Å². The van der Waals surface area contributed by atoms with E-state index < -0.39 is 11.0 Å². The van der Waals surface area contributed by atoms with E-state index in [1.807, 2.05) is 48.5 Å². The van der Waals surface area contributed by atoms with Gasteiger partial charge in [-0.15, -0.1) is 0 Å². The number of likely N-dealkylation sites (tertiary alicyclic amines) is 1. The molecule has 2 N–H and O–H groups in total. The summed E-state index contributed by atoms with van der Waals surface area (Å²) in [6.07, 6.45) is 5.39. The molecule has 0 radical (unpaired) electrons. The number of β-amino-alcohol motifs (C(OH)–C–C–N with tert-alkyl or cyclic N) is 1. The lowest BCUT2D eigenvalue weighted by Crippen LogP contribution is -2.67. The summed E-state index contributed by atoms with van der Waals surface area (Å²) in [6, 6.07) is 16.9. The third kappa shape index (κ3) is 4.62. The highest BCUT2D eigenvalue weighted by molar-refractivity contribution is 5.94. The Morgan fingerprint density at radius 3 is 2.62 bits per heavy atom. The van der Waals surface area contributed by atoms with Gasteiger partial charge in [0.2, 0.25) is 0 Å². The first-order valence-electron chi connectivity index (χ1n) is 12.5. The fourth-order valence-electron chi connectivity index (χ4n) is 6.08. The summed E-state index contributed by atoms with van der Waals surface area (Å²) in [5.41, 5.74) is 0.214. The van der Waals surface area contributed by atoms with Crippen molar-refractivity contribution in [3.63, 3.8) is 0 Å². The maximum absolute atomic E-state index is 12.9. The summed E-state index contributed by atoms with van der Waals surface area (Å²) in [5.74, 6) is 0.828. The number of esters is 1. The molecule has 180 valence electrons. The van der Waals surface area contributed by atoms with Crippen LogP contribution in [0.15, 0.2) is 54.6 Å². The van der Waals surface area contributed by atoms with Crippen LogP contribution in [0.2, 0.25) is 0 Å². The molecule has 2 aromatic rings. The Bertz CT molecular complexity index is 1050. The fraction of sp³-hybridized carbons (Fsp3) is 0.500. The zero-order chi connectivity index (χ0) is 23.8. The van der Waals surface area contributed by atoms with E-state index in [9.17, 15) is 14.7 Å². The standard InChI is InChI=1S/C28H34N2O4/c1-20(31)34-25-9-5-8-23(16-25)27-14-15-30(18-21-10-11-21)19-28(27,33)13-12-24(17-27)29-26(32)22-6-3-2-4-7-22/h2-9,16,21,24,33H,10-15,17-19H2,1H3,(H,29,32)/t24-,27+,28+/m1/s1. The normalized spacial score (nSPS) is 29.2. The van der Waals surface area contributed by atoms with Crippen LogP contribution in [0.25, 0.3) is 0 Å². The molecule has 6 nitrogen and oxygen atoms in total. The summed E-state index contributed by atoms with van der Waals surface area (Å²) < 4.78 is 5.39. The maximum atomic E-state index is 12.9. The second kappa shape index (κ2) is 9.16. The topological polar surface area (TPSA) is 78.9 Å². The number of piperidine rings is 1. The Morgan fingerprint density at radius 2 is 1.88 bits per heavy atom. The van der Waals surface area contributed by atoms with Gasteiger partial charge < -0.3 is 20.1 Å². The number of aliphatic hydroxyl groups is 1. The van der Waals surface area contributed by atoms with Gasteiger partial charge in [-0.2, -0.15) is 0 Å². The zero-order valence-electron chi connectivity index (χ0n) is 19.8. The van der Waals surface area contributed by atoms with Crippen molar-refractivity contribution >= 4 is 11.9 Å². The molecule has 0 bridgehead atoms. The fourth-order valence-corrected chi connectivity index (χ4v) is 6.08. The Balaban J connectivity index is 1.44. The number of nitrogens with zero attached hydrogens (tertiary/aromatic N) is 1. The number of rotatable bonds is 6. The quantitative estimate of drug-likeness (QED) is 0.506. The number of hydrogen-bond acceptors (Lipinski definition) is 5. The van der Waals surface area contributed by atoms with Crippen LogP contribution in [0.4, 0.5) is 0 Å². The van der Waals surface area contributed by atoms with Gasteiger partial charge in [-0.1, -0.05) is 30.3 Å². The van der Waals surface area contributed by atoms with Gasteiger partial charge in [0.25, 0.3) is 5.91 Å². The zero-order valence-corrected chi connectivity index (χ0v) is 19.8. The van der Waals surface area contributed by atoms with Crippen molar-refractivity contribution in [1.82, 2.24) is 10.2 Å². The third-order valence-corrected chi connectivity index (χ3v) is 7.96. The summed E-state index contributed by atoms with van der Waals surface area (Å²) in [7, 11) is 0. The van der Waals surface area contributed by atoms with Crippen LogP contribution in [-0.4, -0.2) is 53.2 Å². The Labute approximate surface area is 201 Å². The van der Waals surface area contributed by atoms with Crippen molar-refractivity contribution in [2.45, 2.75) is 62.5 Å². The van der Waals surface area contributed by atoms with Crippen molar-refractivity contribution in [1.29, 1.82) is 0 Å². The predicted octanol–water partition coefficient (Wildman–Crippen LogP) is 3.68. The molecule has 2 aliphatic carbocycles. The molecule has 3 aliphatic rings. The Morgan fingerprint density at radius 1 is 1.09 bits per heavy atom. The molecule has 3 atom stereocenters. The monoisotopic (exact) mass is 462 g/mol. The predicted molar refractivity (Wildman–Crippen MR) is 130 cm³/mol. The number of fused-ring (bicyclic) bond motifs is 1. The van der Waals surface area contributed by atoms with Gasteiger partial charge in [-0.25, -0.2) is 0 Å². The van der Waals surface area contributed by atoms with Crippen molar-refractivity contribution < 1.29 is 19.4 Å². The van der Waals surface area contributed by atoms with Crippen molar-refractivity contribution in [3.8, 4) is 5.75 Å². The van der Waals surface area contributed by atoms with Gasteiger partial charge in [0.1, 0.15) is 5.75 Å². The van der Waals surface area contributed by atoms with E-state index in [4.69, 9.17) is 4.74 Å². The molecule has 34 heavy (non-hydrogen) atoms. The van der Waals surface area contributed by atoms with Crippen LogP contribution < -0.4 is 10.1 Å². The van der Waals surface area contributed by atoms with E-state index in [1.165, 1.54) is 19.8 Å². The molecule has 0 spiro atoms. The smallest absolute Gasteiger partial charge is 0.308 e. The molecule has 1 heterocycles. The first kappa shape index (κ1) is 23.1. The molecule has 6 heteroatoms. The number of carbonyl (C=O) groups excluding carboxylic acids is 2. The van der Waals surface area contributed by atoms with Gasteiger partial charge in [0.15, 0.2) is 0 Å². The minimum Gasteiger partial charge on any atom is -0.427 e. The van der Waals surface area contributed by atoms with Gasteiger partial charge in [-0.05, 0) is 80.8 Å².